The van der Waals surface area contributed by atoms with E-state index in [0.717, 1.165) is 6.42 Å². The fourth-order valence-corrected chi connectivity index (χ4v) is 2.04. The fraction of sp³-hybridized carbons (Fsp3) is 0.222. The summed E-state index contributed by atoms with van der Waals surface area (Å²) in [7, 11) is 0. The highest BCUT2D eigenvalue weighted by Crippen LogP contribution is 2.20. The van der Waals surface area contributed by atoms with Crippen LogP contribution in [-0.4, -0.2) is 6.61 Å². The number of hydrogen-bond donors (Lipinski definition) is 0. The van der Waals surface area contributed by atoms with E-state index >= 15 is 0 Å². The molecule has 1 nitrogen and oxygen atoms in total. The first-order valence-corrected chi connectivity index (χ1v) is 6.78. The summed E-state index contributed by atoms with van der Waals surface area (Å²) >= 11 is 0. The molecule has 0 aliphatic rings. The van der Waals surface area contributed by atoms with Gasteiger partial charge in [-0.15, -0.1) is 0 Å². The van der Waals surface area contributed by atoms with Crippen molar-refractivity contribution in [3.8, 4) is 0 Å². The average Bonchev–Trinajstić information content (AvgIpc) is 2.49. The fourth-order valence-electron chi connectivity index (χ4n) is 2.04. The zero-order chi connectivity index (χ0) is 13.3. The summed E-state index contributed by atoms with van der Waals surface area (Å²) in [6.07, 6.45) is 5.34. The van der Waals surface area contributed by atoms with Gasteiger partial charge in [-0.05, 0) is 17.5 Å². The van der Waals surface area contributed by atoms with Gasteiger partial charge in [0, 0.05) is 0 Å². The van der Waals surface area contributed by atoms with E-state index in [1.54, 1.807) is 0 Å². The molecule has 2 aromatic rings. The van der Waals surface area contributed by atoms with Gasteiger partial charge < -0.3 is 4.74 Å². The van der Waals surface area contributed by atoms with Crippen LogP contribution in [0, 0.1) is 0 Å². The van der Waals surface area contributed by atoms with Crippen LogP contribution in [0.5, 0.6) is 0 Å². The molecule has 0 unspecified atom stereocenters. The van der Waals surface area contributed by atoms with Crippen molar-refractivity contribution in [1.29, 1.82) is 0 Å². The lowest BCUT2D eigenvalue weighted by atomic mass is 10.1. The molecule has 1 heteroatoms. The molecule has 0 fully saturated rings. The minimum atomic E-state index is 0.182. The third-order valence-corrected chi connectivity index (χ3v) is 3.05. The quantitative estimate of drug-likeness (QED) is 0.712. The van der Waals surface area contributed by atoms with Crippen LogP contribution >= 0.6 is 0 Å². The molecule has 0 aliphatic heterocycles. The molecule has 0 bridgehead atoms. The number of ether oxygens (including phenoxy) is 1. The molecule has 0 N–H and O–H groups in total. The summed E-state index contributed by atoms with van der Waals surface area (Å²) in [6, 6.07) is 20.7. The lowest BCUT2D eigenvalue weighted by Crippen LogP contribution is -2.02. The van der Waals surface area contributed by atoms with Crippen molar-refractivity contribution >= 4 is 6.08 Å². The summed E-state index contributed by atoms with van der Waals surface area (Å²) in [5, 5.41) is 0. The van der Waals surface area contributed by atoms with Crippen LogP contribution in [0.4, 0.5) is 0 Å². The highest BCUT2D eigenvalue weighted by Gasteiger charge is 2.07. The molecule has 2 aromatic carbocycles. The van der Waals surface area contributed by atoms with Crippen molar-refractivity contribution < 1.29 is 4.74 Å². The van der Waals surface area contributed by atoms with Gasteiger partial charge in [0.1, 0.15) is 0 Å². The summed E-state index contributed by atoms with van der Waals surface area (Å²) < 4.78 is 5.91. The van der Waals surface area contributed by atoms with Gasteiger partial charge >= 0.3 is 0 Å². The molecule has 0 heterocycles. The average molecular weight is 252 g/mol. The van der Waals surface area contributed by atoms with Gasteiger partial charge in [0.05, 0.1) is 12.7 Å². The molecular weight excluding hydrogens is 232 g/mol. The topological polar surface area (TPSA) is 9.23 Å². The van der Waals surface area contributed by atoms with Crippen molar-refractivity contribution in [1.82, 2.24) is 0 Å². The Morgan fingerprint density at radius 1 is 0.947 bits per heavy atom. The summed E-state index contributed by atoms with van der Waals surface area (Å²) in [4.78, 5) is 0. The third-order valence-electron chi connectivity index (χ3n) is 3.05. The molecule has 1 atom stereocenters. The van der Waals surface area contributed by atoms with Crippen LogP contribution < -0.4 is 0 Å². The summed E-state index contributed by atoms with van der Waals surface area (Å²) in [5.41, 5.74) is 2.46. The molecular formula is C18H20O. The van der Waals surface area contributed by atoms with Crippen molar-refractivity contribution in [2.45, 2.75) is 19.4 Å². The molecule has 0 aliphatic carbocycles. The molecule has 98 valence electrons. The van der Waals surface area contributed by atoms with E-state index in [2.05, 4.69) is 55.5 Å². The van der Waals surface area contributed by atoms with E-state index in [9.17, 15) is 0 Å². The van der Waals surface area contributed by atoms with Gasteiger partial charge in [0.25, 0.3) is 0 Å². The van der Waals surface area contributed by atoms with Crippen LogP contribution in [-0.2, 0) is 4.74 Å². The van der Waals surface area contributed by atoms with E-state index in [-0.39, 0.29) is 6.10 Å². The van der Waals surface area contributed by atoms with Crippen LogP contribution in [0.15, 0.2) is 66.7 Å². The Hall–Kier alpha value is -1.86. The van der Waals surface area contributed by atoms with E-state index in [1.807, 2.05) is 24.3 Å². The second-order valence-corrected chi connectivity index (χ2v) is 4.45. The van der Waals surface area contributed by atoms with Crippen LogP contribution in [0.1, 0.15) is 30.6 Å². The molecule has 0 aromatic heterocycles. The molecule has 0 saturated heterocycles. The van der Waals surface area contributed by atoms with Crippen molar-refractivity contribution in [2.24, 2.45) is 0 Å². The Morgan fingerprint density at radius 2 is 1.58 bits per heavy atom. The van der Waals surface area contributed by atoms with Gasteiger partial charge in [-0.1, -0.05) is 79.7 Å². The molecule has 0 amide bonds. The Bertz CT molecular complexity index is 488. The molecule has 2 rings (SSSR count). The van der Waals surface area contributed by atoms with Gasteiger partial charge in [-0.25, -0.2) is 0 Å². The second-order valence-electron chi connectivity index (χ2n) is 4.45. The van der Waals surface area contributed by atoms with Crippen molar-refractivity contribution in [3.63, 3.8) is 0 Å². The molecule has 0 spiro atoms. The predicted molar refractivity (Wildman–Crippen MR) is 80.9 cm³/mol. The van der Waals surface area contributed by atoms with Gasteiger partial charge in [0.2, 0.25) is 0 Å². The minimum Gasteiger partial charge on any atom is -0.369 e. The van der Waals surface area contributed by atoms with Gasteiger partial charge in [-0.2, -0.15) is 0 Å². The number of hydrogen-bond acceptors (Lipinski definition) is 1. The minimum absolute atomic E-state index is 0.182. The third kappa shape index (κ3) is 4.38. The molecule has 0 saturated carbocycles. The zero-order valence-corrected chi connectivity index (χ0v) is 11.3. The largest absolute Gasteiger partial charge is 0.369 e. The second kappa shape index (κ2) is 7.55. The Labute approximate surface area is 115 Å². The highest BCUT2D eigenvalue weighted by atomic mass is 16.5. The Balaban J connectivity index is 1.86. The first kappa shape index (κ1) is 13.6. The monoisotopic (exact) mass is 252 g/mol. The molecule has 19 heavy (non-hydrogen) atoms. The maximum Gasteiger partial charge on any atom is 0.0826 e. The van der Waals surface area contributed by atoms with E-state index < -0.39 is 0 Å². The SMILES string of the molecule is CC[C@@H](OC/C=C\c1ccccc1)c1ccccc1. The lowest BCUT2D eigenvalue weighted by Gasteiger charge is -2.15. The maximum absolute atomic E-state index is 5.91. The number of benzene rings is 2. The maximum atomic E-state index is 5.91. The Kier molecular flexibility index (Phi) is 5.39. The van der Waals surface area contributed by atoms with E-state index in [0.29, 0.717) is 6.61 Å². The standard InChI is InChI=1S/C18H20O/c1-2-18(17-13-7-4-8-14-17)19-15-9-12-16-10-5-3-6-11-16/h3-14,18H,2,15H2,1H3/b12-9-/t18-/m1/s1. The van der Waals surface area contributed by atoms with Crippen LogP contribution in [0.2, 0.25) is 0 Å². The van der Waals surface area contributed by atoms with E-state index in [4.69, 9.17) is 4.74 Å². The first-order valence-electron chi connectivity index (χ1n) is 6.78. The normalized spacial score (nSPS) is 12.7. The predicted octanol–water partition coefficient (Wildman–Crippen LogP) is 4.87. The van der Waals surface area contributed by atoms with Gasteiger partial charge in [-0.3, -0.25) is 0 Å². The first-order chi connectivity index (χ1) is 9.40. The van der Waals surface area contributed by atoms with Gasteiger partial charge in [0.15, 0.2) is 0 Å². The summed E-state index contributed by atoms with van der Waals surface area (Å²) in [5.74, 6) is 0. The summed E-state index contributed by atoms with van der Waals surface area (Å²) in [6.45, 7) is 2.79. The molecule has 0 radical (unpaired) electrons. The highest BCUT2D eigenvalue weighted by molar-refractivity contribution is 5.48. The van der Waals surface area contributed by atoms with Crippen molar-refractivity contribution in [2.75, 3.05) is 6.61 Å². The Morgan fingerprint density at radius 3 is 2.21 bits per heavy atom. The van der Waals surface area contributed by atoms with Crippen LogP contribution in [0.25, 0.3) is 6.08 Å². The lowest BCUT2D eigenvalue weighted by molar-refractivity contribution is 0.0716. The van der Waals surface area contributed by atoms with Crippen molar-refractivity contribution in [3.05, 3.63) is 77.9 Å². The van der Waals surface area contributed by atoms with Crippen LogP contribution in [0.3, 0.4) is 0 Å². The number of rotatable bonds is 6. The smallest absolute Gasteiger partial charge is 0.0826 e. The van der Waals surface area contributed by atoms with E-state index in [1.165, 1.54) is 11.1 Å². The zero-order valence-electron chi connectivity index (χ0n) is 11.3.